The van der Waals surface area contributed by atoms with Crippen LogP contribution in [0.5, 0.6) is 0 Å². The third-order valence-corrected chi connectivity index (χ3v) is 6.18. The number of hydrogen-bond acceptors (Lipinski definition) is 4. The van der Waals surface area contributed by atoms with E-state index in [-0.39, 0.29) is 18.1 Å². The zero-order valence-electron chi connectivity index (χ0n) is 16.7. The van der Waals surface area contributed by atoms with Crippen molar-refractivity contribution < 1.29 is 18.7 Å². The Morgan fingerprint density at radius 3 is 2.50 bits per heavy atom. The highest BCUT2D eigenvalue weighted by atomic mass is 35.5. The van der Waals surface area contributed by atoms with Gasteiger partial charge in [-0.05, 0) is 48.6 Å². The van der Waals surface area contributed by atoms with Crippen molar-refractivity contribution in [3.63, 3.8) is 0 Å². The van der Waals surface area contributed by atoms with E-state index in [9.17, 15) is 14.0 Å². The fourth-order valence-electron chi connectivity index (χ4n) is 4.53. The van der Waals surface area contributed by atoms with Crippen LogP contribution in [0.1, 0.15) is 42.7 Å². The second-order valence-electron chi connectivity index (χ2n) is 7.69. The number of carbonyl (C=O) groups is 2. The molecule has 0 bridgehead atoms. The molecule has 30 heavy (non-hydrogen) atoms. The van der Waals surface area contributed by atoms with E-state index in [0.717, 1.165) is 5.56 Å². The third kappa shape index (κ3) is 3.58. The second kappa shape index (κ2) is 8.15. The van der Waals surface area contributed by atoms with Crippen LogP contribution in [-0.4, -0.2) is 24.6 Å². The number of ether oxygens (including phenoxy) is 1. The topological polar surface area (TPSA) is 55.7 Å². The lowest BCUT2D eigenvalue weighted by Gasteiger charge is -2.36. The summed E-state index contributed by atoms with van der Waals surface area (Å²) in [5.41, 5.74) is 2.89. The number of allylic oxidation sites excluding steroid dienone is 2. The van der Waals surface area contributed by atoms with E-state index in [0.29, 0.717) is 34.0 Å². The zero-order chi connectivity index (χ0) is 21.4. The van der Waals surface area contributed by atoms with Crippen molar-refractivity contribution in [1.29, 1.82) is 0 Å². The molecular formula is C24H21ClFNO3. The van der Waals surface area contributed by atoms with Crippen molar-refractivity contribution in [3.05, 3.63) is 81.8 Å². The Labute approximate surface area is 179 Å². The Bertz CT molecular complexity index is 1070. The van der Waals surface area contributed by atoms with Crippen LogP contribution in [-0.2, 0) is 14.3 Å². The molecule has 0 radical (unpaired) electrons. The van der Waals surface area contributed by atoms with Crippen LogP contribution < -0.4 is 0 Å². The van der Waals surface area contributed by atoms with Gasteiger partial charge in [0.25, 0.3) is 0 Å². The zero-order valence-corrected chi connectivity index (χ0v) is 17.4. The van der Waals surface area contributed by atoms with Gasteiger partial charge < -0.3 is 4.74 Å². The van der Waals surface area contributed by atoms with Crippen LogP contribution in [0.4, 0.5) is 4.39 Å². The Balaban J connectivity index is 1.82. The minimum absolute atomic E-state index is 0.0407. The first kappa shape index (κ1) is 20.5. The predicted molar refractivity (Wildman–Crippen MR) is 113 cm³/mol. The monoisotopic (exact) mass is 425 g/mol. The number of Topliss-reactive ketones (excluding diaryl/α,β-unsaturated/α-hetero) is 1. The van der Waals surface area contributed by atoms with E-state index in [1.165, 1.54) is 13.2 Å². The first-order valence-electron chi connectivity index (χ1n) is 9.79. The largest absolute Gasteiger partial charge is 0.468 e. The third-order valence-electron chi connectivity index (χ3n) is 5.93. The molecule has 0 aromatic heterocycles. The summed E-state index contributed by atoms with van der Waals surface area (Å²) in [4.78, 5) is 30.5. The van der Waals surface area contributed by atoms with Crippen LogP contribution in [0.2, 0.25) is 5.02 Å². The van der Waals surface area contributed by atoms with E-state index < -0.39 is 23.6 Å². The van der Waals surface area contributed by atoms with Crippen molar-refractivity contribution in [2.75, 3.05) is 7.11 Å². The summed E-state index contributed by atoms with van der Waals surface area (Å²) in [5.74, 6) is -2.71. The molecule has 3 atom stereocenters. The van der Waals surface area contributed by atoms with Crippen LogP contribution in [0, 0.1) is 11.7 Å². The molecule has 2 aromatic rings. The first-order valence-corrected chi connectivity index (χ1v) is 10.2. The molecule has 0 saturated carbocycles. The lowest BCUT2D eigenvalue weighted by molar-refractivity contribution is -0.143. The minimum atomic E-state index is -0.832. The van der Waals surface area contributed by atoms with Gasteiger partial charge in [0, 0.05) is 34.3 Å². The molecule has 0 fully saturated rings. The van der Waals surface area contributed by atoms with Gasteiger partial charge in [-0.2, -0.15) is 0 Å². The lowest BCUT2D eigenvalue weighted by atomic mass is 9.69. The van der Waals surface area contributed by atoms with E-state index in [1.54, 1.807) is 37.3 Å². The molecule has 6 heteroatoms. The maximum absolute atomic E-state index is 14.8. The lowest BCUT2D eigenvalue weighted by Crippen LogP contribution is -2.38. The normalized spacial score (nSPS) is 23.7. The van der Waals surface area contributed by atoms with E-state index in [4.69, 9.17) is 16.3 Å². The molecule has 2 aliphatic rings. The fraction of sp³-hybridized carbons (Fsp3) is 0.292. The summed E-state index contributed by atoms with van der Waals surface area (Å²) in [7, 11) is 1.29. The van der Waals surface area contributed by atoms with Crippen LogP contribution in [0.25, 0.3) is 0 Å². The molecule has 0 saturated heterocycles. The average Bonchev–Trinajstić information content (AvgIpc) is 2.73. The number of aliphatic imine (C=N–C) groups is 1. The van der Waals surface area contributed by atoms with E-state index >= 15 is 0 Å². The van der Waals surface area contributed by atoms with Crippen molar-refractivity contribution in [1.82, 2.24) is 0 Å². The molecule has 4 rings (SSSR count). The maximum Gasteiger partial charge on any atom is 0.315 e. The summed E-state index contributed by atoms with van der Waals surface area (Å²) in [5, 5.41) is 0.632. The highest BCUT2D eigenvalue weighted by Crippen LogP contribution is 2.47. The van der Waals surface area contributed by atoms with Crippen molar-refractivity contribution in [2.24, 2.45) is 10.9 Å². The Morgan fingerprint density at radius 2 is 1.83 bits per heavy atom. The molecular weight excluding hydrogens is 405 g/mol. The van der Waals surface area contributed by atoms with Crippen molar-refractivity contribution in [3.8, 4) is 0 Å². The number of nitrogens with zero attached hydrogens (tertiary/aromatic N) is 1. The molecule has 0 spiro atoms. The number of benzene rings is 2. The number of esters is 1. The van der Waals surface area contributed by atoms with Gasteiger partial charge in [-0.3, -0.25) is 14.6 Å². The maximum atomic E-state index is 14.8. The average molecular weight is 426 g/mol. The summed E-state index contributed by atoms with van der Waals surface area (Å²) in [6.07, 6.45) is 0.812. The fourth-order valence-corrected chi connectivity index (χ4v) is 4.65. The van der Waals surface area contributed by atoms with Gasteiger partial charge in [0.05, 0.1) is 7.11 Å². The summed E-state index contributed by atoms with van der Waals surface area (Å²) in [6.45, 7) is 1.73. The molecule has 1 aliphatic carbocycles. The smallest absolute Gasteiger partial charge is 0.315 e. The van der Waals surface area contributed by atoms with Gasteiger partial charge in [-0.25, -0.2) is 4.39 Å². The Hall–Kier alpha value is -2.79. The van der Waals surface area contributed by atoms with Gasteiger partial charge in [-0.15, -0.1) is 0 Å². The van der Waals surface area contributed by atoms with Crippen LogP contribution >= 0.6 is 11.6 Å². The SMILES string of the molecule is COC(=O)C1C(C)=NC2=C(C(=O)C[C@@H](c3ccc(Cl)cc3)C2)[C@H]1c1ccccc1F. The summed E-state index contributed by atoms with van der Waals surface area (Å²) in [6, 6.07) is 13.7. The number of methoxy groups -OCH3 is 1. The van der Waals surface area contributed by atoms with Crippen molar-refractivity contribution >= 4 is 29.1 Å². The number of carbonyl (C=O) groups excluding carboxylic acids is 2. The number of halogens is 2. The predicted octanol–water partition coefficient (Wildman–Crippen LogP) is 5.23. The molecule has 2 aromatic carbocycles. The molecule has 1 aliphatic heterocycles. The Morgan fingerprint density at radius 1 is 1.13 bits per heavy atom. The van der Waals surface area contributed by atoms with E-state index in [1.807, 2.05) is 12.1 Å². The second-order valence-corrected chi connectivity index (χ2v) is 8.13. The number of hydrogen-bond donors (Lipinski definition) is 0. The van der Waals surface area contributed by atoms with Gasteiger partial charge in [-0.1, -0.05) is 41.9 Å². The van der Waals surface area contributed by atoms with Crippen LogP contribution in [0.15, 0.2) is 64.8 Å². The Kier molecular flexibility index (Phi) is 5.56. The van der Waals surface area contributed by atoms with E-state index in [2.05, 4.69) is 4.99 Å². The van der Waals surface area contributed by atoms with Gasteiger partial charge in [0.2, 0.25) is 0 Å². The molecule has 1 heterocycles. The van der Waals surface area contributed by atoms with Gasteiger partial charge in [0.1, 0.15) is 11.7 Å². The minimum Gasteiger partial charge on any atom is -0.468 e. The van der Waals surface area contributed by atoms with Gasteiger partial charge in [0.15, 0.2) is 5.78 Å². The summed E-state index contributed by atoms with van der Waals surface area (Å²) < 4.78 is 19.7. The molecule has 154 valence electrons. The summed E-state index contributed by atoms with van der Waals surface area (Å²) >= 11 is 5.99. The molecule has 0 amide bonds. The molecule has 1 unspecified atom stereocenters. The molecule has 4 nitrogen and oxygen atoms in total. The first-order chi connectivity index (χ1) is 14.4. The molecule has 0 N–H and O–H groups in total. The highest BCUT2D eigenvalue weighted by Gasteiger charge is 2.45. The van der Waals surface area contributed by atoms with Gasteiger partial charge >= 0.3 is 5.97 Å². The van der Waals surface area contributed by atoms with Crippen LogP contribution in [0.3, 0.4) is 0 Å². The van der Waals surface area contributed by atoms with Crippen molar-refractivity contribution in [2.45, 2.75) is 31.6 Å². The quantitative estimate of drug-likeness (QED) is 0.633. The number of ketones is 1. The highest BCUT2D eigenvalue weighted by molar-refractivity contribution is 6.30. The number of rotatable bonds is 3. The standard InChI is InChI=1S/C24H21ClFNO3/c1-13-21(24(29)30-2)22(17-5-3-4-6-18(17)26)23-19(27-13)11-15(12-20(23)28)14-7-9-16(25)10-8-14/h3-10,15,21-22H,11-12H2,1-2H3/t15-,21?,22-/m0/s1.